The van der Waals surface area contributed by atoms with Crippen molar-refractivity contribution in [1.29, 1.82) is 0 Å². The highest BCUT2D eigenvalue weighted by Gasteiger charge is 2.37. The molecule has 0 radical (unpaired) electrons. The minimum atomic E-state index is -0.250. The number of nitrogens with zero attached hydrogens (tertiary/aromatic N) is 5. The van der Waals surface area contributed by atoms with E-state index in [1.807, 2.05) is 0 Å². The van der Waals surface area contributed by atoms with Crippen molar-refractivity contribution in [2.45, 2.75) is 31.5 Å². The first-order chi connectivity index (χ1) is 13.5. The number of carbonyl (C=O) groups excluding carboxylic acids is 1. The molecule has 3 atom stereocenters. The highest BCUT2D eigenvalue weighted by molar-refractivity contribution is 5.91. The molecule has 2 fully saturated rings. The van der Waals surface area contributed by atoms with E-state index in [9.17, 15) is 4.79 Å². The second kappa shape index (κ2) is 10.3. The number of aromatic nitrogens is 4. The smallest absolute Gasteiger partial charge is 0.291 e. The molecule has 2 aromatic heterocycles. The van der Waals surface area contributed by atoms with Crippen molar-refractivity contribution in [2.75, 3.05) is 19.7 Å². The molecule has 0 saturated carbocycles. The lowest BCUT2D eigenvalue weighted by Gasteiger charge is -2.33. The predicted octanol–water partition coefficient (Wildman–Crippen LogP) is -0.883. The summed E-state index contributed by atoms with van der Waals surface area (Å²) in [6, 6.07) is 2.27. The van der Waals surface area contributed by atoms with Gasteiger partial charge in [-0.15, -0.1) is 5.10 Å². The van der Waals surface area contributed by atoms with E-state index in [2.05, 4.69) is 32.2 Å². The maximum Gasteiger partial charge on any atom is 0.291 e. The zero-order valence-corrected chi connectivity index (χ0v) is 15.2. The van der Waals surface area contributed by atoms with Crippen molar-refractivity contribution >= 4 is 24.6 Å². The molecule has 2 aliphatic heterocycles. The number of fused-ring (bicyclic) bond motifs is 2. The number of carbonyl (C=O) groups is 3. The lowest BCUT2D eigenvalue weighted by Crippen LogP contribution is -2.45. The van der Waals surface area contributed by atoms with Gasteiger partial charge in [0, 0.05) is 37.6 Å². The van der Waals surface area contributed by atoms with Gasteiger partial charge in [0.25, 0.3) is 24.6 Å². The van der Waals surface area contributed by atoms with Crippen LogP contribution in [-0.2, 0) is 14.3 Å². The number of nitrogens with one attached hydrogen (secondary N) is 1. The average molecular weight is 394 g/mol. The molecule has 0 unspecified atom stereocenters. The van der Waals surface area contributed by atoms with Crippen molar-refractivity contribution in [3.05, 3.63) is 24.3 Å². The summed E-state index contributed by atoms with van der Waals surface area (Å²) < 4.78 is 7.18. The summed E-state index contributed by atoms with van der Waals surface area (Å²) in [5.41, 5.74) is 0. The van der Waals surface area contributed by atoms with Crippen LogP contribution < -0.4 is 5.32 Å². The lowest BCUT2D eigenvalue weighted by molar-refractivity contribution is -0.123. The van der Waals surface area contributed by atoms with Crippen LogP contribution in [0, 0.1) is 0 Å². The lowest BCUT2D eigenvalue weighted by atomic mass is 10.1. The first-order valence-electron chi connectivity index (χ1n) is 8.52. The zero-order valence-electron chi connectivity index (χ0n) is 15.2. The topological polar surface area (TPSA) is 159 Å². The molecule has 28 heavy (non-hydrogen) atoms. The summed E-state index contributed by atoms with van der Waals surface area (Å²) in [5, 5.41) is 21.0. The van der Waals surface area contributed by atoms with Crippen LogP contribution in [0.5, 0.6) is 0 Å². The van der Waals surface area contributed by atoms with E-state index < -0.39 is 0 Å². The van der Waals surface area contributed by atoms with Gasteiger partial charge in [0.05, 0.1) is 12.7 Å². The first kappa shape index (κ1) is 21.2. The normalized spacial score (nSPS) is 23.4. The Hall–Kier alpha value is -3.12. The molecule has 2 aromatic rings. The Kier molecular flexibility index (Phi) is 7.77. The molecule has 152 valence electrons. The molecule has 1 amide bonds. The Bertz CT molecular complexity index is 760. The van der Waals surface area contributed by atoms with Crippen LogP contribution >= 0.6 is 0 Å². The summed E-state index contributed by atoms with van der Waals surface area (Å²) in [6.07, 6.45) is 4.52. The van der Waals surface area contributed by atoms with E-state index in [0.717, 1.165) is 26.1 Å². The number of amides is 1. The Morgan fingerprint density at radius 1 is 1.32 bits per heavy atom. The van der Waals surface area contributed by atoms with Crippen LogP contribution in [0.25, 0.3) is 5.78 Å². The van der Waals surface area contributed by atoms with Gasteiger partial charge in [0.1, 0.15) is 0 Å². The average Bonchev–Trinajstić information content (AvgIpc) is 3.26. The largest absolute Gasteiger partial charge is 0.483 e. The predicted molar refractivity (Wildman–Crippen MR) is 94.8 cm³/mol. The van der Waals surface area contributed by atoms with Gasteiger partial charge in [-0.05, 0) is 19.4 Å². The van der Waals surface area contributed by atoms with Crippen molar-refractivity contribution in [2.24, 2.45) is 0 Å². The van der Waals surface area contributed by atoms with Crippen molar-refractivity contribution < 1.29 is 29.3 Å². The van der Waals surface area contributed by atoms with Crippen LogP contribution in [0.1, 0.15) is 24.0 Å². The minimum absolute atomic E-state index is 0.117. The number of ether oxygens (including phenoxy) is 1. The van der Waals surface area contributed by atoms with Gasteiger partial charge >= 0.3 is 0 Å². The molecule has 0 spiro atoms. The van der Waals surface area contributed by atoms with E-state index in [4.69, 9.17) is 24.5 Å². The van der Waals surface area contributed by atoms with Gasteiger partial charge in [-0.1, -0.05) is 0 Å². The van der Waals surface area contributed by atoms with Crippen LogP contribution in [-0.4, -0.2) is 91.4 Å². The van der Waals surface area contributed by atoms with Crippen LogP contribution in [0.4, 0.5) is 0 Å². The van der Waals surface area contributed by atoms with E-state index >= 15 is 0 Å². The Labute approximate surface area is 160 Å². The van der Waals surface area contributed by atoms with Crippen LogP contribution in [0.3, 0.4) is 0 Å². The fraction of sp³-hybridized carbons (Fsp3) is 0.500. The third kappa shape index (κ3) is 5.44. The molecular weight excluding hydrogens is 372 g/mol. The molecule has 3 N–H and O–H groups in total. The summed E-state index contributed by atoms with van der Waals surface area (Å²) in [7, 11) is 0. The molecule has 4 heterocycles. The molecule has 12 heteroatoms. The van der Waals surface area contributed by atoms with Gasteiger partial charge in [0.2, 0.25) is 5.82 Å². The van der Waals surface area contributed by atoms with E-state index in [0.29, 0.717) is 11.8 Å². The van der Waals surface area contributed by atoms with Gasteiger partial charge < -0.3 is 20.3 Å². The molecule has 0 aliphatic carbocycles. The Balaban J connectivity index is 0.000000418. The quantitative estimate of drug-likeness (QED) is 0.546. The second-order valence-electron chi connectivity index (χ2n) is 6.17. The number of morpholine rings is 1. The highest BCUT2D eigenvalue weighted by Crippen LogP contribution is 2.23. The van der Waals surface area contributed by atoms with Crippen LogP contribution in [0.15, 0.2) is 18.5 Å². The third-order valence-corrected chi connectivity index (χ3v) is 4.25. The van der Waals surface area contributed by atoms with Gasteiger partial charge in [-0.3, -0.25) is 19.3 Å². The van der Waals surface area contributed by atoms with Gasteiger partial charge in [-0.2, -0.15) is 4.98 Å². The highest BCUT2D eigenvalue weighted by atomic mass is 16.5. The second-order valence-corrected chi connectivity index (χ2v) is 6.17. The Morgan fingerprint density at radius 2 is 2.04 bits per heavy atom. The number of rotatable bonds is 2. The zero-order chi connectivity index (χ0) is 20.5. The van der Waals surface area contributed by atoms with Crippen molar-refractivity contribution in [3.63, 3.8) is 0 Å². The molecule has 0 aromatic carbocycles. The van der Waals surface area contributed by atoms with E-state index in [1.165, 1.54) is 4.52 Å². The number of hydrogen-bond donors (Lipinski definition) is 3. The summed E-state index contributed by atoms with van der Waals surface area (Å²) >= 11 is 0. The summed E-state index contributed by atoms with van der Waals surface area (Å²) in [6.45, 7) is 4.10. The number of hydrogen-bond acceptors (Lipinski definition) is 8. The summed E-state index contributed by atoms with van der Waals surface area (Å²) in [4.78, 5) is 39.6. The maximum absolute atomic E-state index is 12.3. The van der Waals surface area contributed by atoms with Crippen LogP contribution in [0.2, 0.25) is 0 Å². The fourth-order valence-corrected chi connectivity index (χ4v) is 3.22. The molecule has 12 nitrogen and oxygen atoms in total. The van der Waals surface area contributed by atoms with E-state index in [-0.39, 0.29) is 36.8 Å². The summed E-state index contributed by atoms with van der Waals surface area (Å²) in [5.74, 6) is 0.344. The van der Waals surface area contributed by atoms with Crippen molar-refractivity contribution in [1.82, 2.24) is 29.8 Å². The molecule has 2 aliphatic rings. The van der Waals surface area contributed by atoms with Gasteiger partial charge in [-0.25, -0.2) is 9.50 Å². The monoisotopic (exact) mass is 394 g/mol. The fourth-order valence-electron chi connectivity index (χ4n) is 3.22. The number of carboxylic acid groups (broad SMARTS) is 2. The SMILES string of the molecule is C[C@H]1CN2C[C@H](NC(=O)c3nc4ncccn4n3)C[C@H]2CO1.O=CO.O=CO. The van der Waals surface area contributed by atoms with E-state index in [1.54, 1.807) is 18.5 Å². The molecular formula is C16H22N6O6. The minimum Gasteiger partial charge on any atom is -0.483 e. The molecule has 2 saturated heterocycles. The molecule has 4 rings (SSSR count). The maximum atomic E-state index is 12.3. The molecule has 0 bridgehead atoms. The van der Waals surface area contributed by atoms with Crippen molar-refractivity contribution in [3.8, 4) is 0 Å². The Morgan fingerprint density at radius 3 is 2.71 bits per heavy atom. The third-order valence-electron chi connectivity index (χ3n) is 4.25. The van der Waals surface area contributed by atoms with Gasteiger partial charge in [0.15, 0.2) is 0 Å². The standard InChI is InChI=1S/C14H18N6O2.2CH2O2/c1-9-6-19-7-10(5-11(19)8-22-9)16-13(21)12-17-14-15-3-2-4-20(14)18-12;2*2-1-3/h2-4,9-11H,5-8H2,1H3,(H,16,21);2*1H,(H,2,3)/t9-,10+,11-;;/m0../s1. The first-order valence-corrected chi connectivity index (χ1v) is 8.52.